The van der Waals surface area contributed by atoms with Gasteiger partial charge in [0.15, 0.2) is 11.5 Å². The average Bonchev–Trinajstić information content (AvgIpc) is 3.54. The van der Waals surface area contributed by atoms with Crippen LogP contribution in [0.25, 0.3) is 22.2 Å². The number of halogens is 1. The number of aryl methyl sites for hydroxylation is 1. The number of carbonyl (C=O) groups excluding carboxylic acids is 1. The second kappa shape index (κ2) is 13.3. The molecule has 3 aromatic heterocycles. The number of hydrogen-bond donors (Lipinski definition) is 1. The summed E-state index contributed by atoms with van der Waals surface area (Å²) in [4.78, 5) is 31.4. The number of pyridine rings is 1. The summed E-state index contributed by atoms with van der Waals surface area (Å²) in [5, 5.41) is 5.98. The zero-order chi connectivity index (χ0) is 31.3. The van der Waals surface area contributed by atoms with E-state index < -0.39 is 5.82 Å². The van der Waals surface area contributed by atoms with Gasteiger partial charge in [-0.2, -0.15) is 0 Å². The summed E-state index contributed by atoms with van der Waals surface area (Å²) in [6.45, 7) is 6.77. The van der Waals surface area contributed by atoms with Gasteiger partial charge in [-0.1, -0.05) is 24.8 Å². The third-order valence-electron chi connectivity index (χ3n) is 7.51. The van der Waals surface area contributed by atoms with Gasteiger partial charge in [0.05, 0.1) is 24.0 Å². The molecule has 1 amide bonds. The number of aromatic nitrogens is 4. The Bertz CT molecular complexity index is 1840. The Labute approximate surface area is 263 Å². The Kier molecular flexibility index (Phi) is 8.83. The summed E-state index contributed by atoms with van der Waals surface area (Å²) in [7, 11) is 1.56. The minimum absolute atomic E-state index is 0.0833. The van der Waals surface area contributed by atoms with E-state index in [1.54, 1.807) is 42.5 Å². The predicted molar refractivity (Wildman–Crippen MR) is 171 cm³/mol. The predicted octanol–water partition coefficient (Wildman–Crippen LogP) is 6.95. The van der Waals surface area contributed by atoms with E-state index in [2.05, 4.69) is 38.8 Å². The number of nitrogens with one attached hydrogen (secondary N) is 1. The first kappa shape index (κ1) is 29.9. The maximum atomic E-state index is 15.3. The van der Waals surface area contributed by atoms with Gasteiger partial charge in [0, 0.05) is 66.3 Å². The van der Waals surface area contributed by atoms with Gasteiger partial charge in [0.25, 0.3) is 5.19 Å². The van der Waals surface area contributed by atoms with E-state index in [-0.39, 0.29) is 17.7 Å². The molecular formula is C33H31FN6O4S. The third kappa shape index (κ3) is 6.70. The number of hydrogen-bond acceptors (Lipinski definition) is 10. The lowest BCUT2D eigenvalue weighted by atomic mass is 10.1. The molecule has 0 atom stereocenters. The molecule has 230 valence electrons. The van der Waals surface area contributed by atoms with E-state index in [4.69, 9.17) is 14.2 Å². The first-order valence-corrected chi connectivity index (χ1v) is 15.4. The molecule has 5 aromatic rings. The minimum Gasteiger partial charge on any atom is -0.493 e. The number of nitrogens with zero attached hydrogens (tertiary/aromatic N) is 5. The Morgan fingerprint density at radius 1 is 1.13 bits per heavy atom. The van der Waals surface area contributed by atoms with Crippen LogP contribution in [0, 0.1) is 5.82 Å². The first-order valence-electron chi connectivity index (χ1n) is 14.5. The van der Waals surface area contributed by atoms with Gasteiger partial charge in [-0.25, -0.2) is 19.3 Å². The van der Waals surface area contributed by atoms with Gasteiger partial charge in [0.2, 0.25) is 5.91 Å². The second-order valence-electron chi connectivity index (χ2n) is 10.3. The second-order valence-corrected chi connectivity index (χ2v) is 11.2. The van der Waals surface area contributed by atoms with E-state index in [1.807, 2.05) is 17.5 Å². The van der Waals surface area contributed by atoms with E-state index in [1.165, 1.54) is 29.8 Å². The minimum atomic E-state index is -0.527. The highest BCUT2D eigenvalue weighted by Gasteiger charge is 2.24. The molecular weight excluding hydrogens is 595 g/mol. The quantitative estimate of drug-likeness (QED) is 0.165. The van der Waals surface area contributed by atoms with Crippen LogP contribution >= 0.6 is 11.3 Å². The van der Waals surface area contributed by atoms with Gasteiger partial charge in [-0.15, -0.1) is 0 Å². The number of amides is 1. The summed E-state index contributed by atoms with van der Waals surface area (Å²) in [6.07, 6.45) is 6.61. The van der Waals surface area contributed by atoms with E-state index in [0.717, 1.165) is 23.4 Å². The molecule has 1 fully saturated rings. The Morgan fingerprint density at radius 3 is 2.69 bits per heavy atom. The van der Waals surface area contributed by atoms with E-state index in [9.17, 15) is 4.79 Å². The Balaban J connectivity index is 1.17. The highest BCUT2D eigenvalue weighted by atomic mass is 32.1. The number of fused-ring (bicyclic) bond motifs is 1. The fourth-order valence-electron chi connectivity index (χ4n) is 5.03. The molecule has 1 aliphatic rings. The summed E-state index contributed by atoms with van der Waals surface area (Å²) in [5.74, 6) is 1.14. The molecule has 1 aliphatic heterocycles. The molecule has 0 aliphatic carbocycles. The summed E-state index contributed by atoms with van der Waals surface area (Å²) in [5.41, 5.74) is 3.45. The topological polar surface area (TPSA) is 112 Å². The summed E-state index contributed by atoms with van der Waals surface area (Å²) in [6, 6.07) is 12.0. The average molecular weight is 627 g/mol. The fourth-order valence-corrected chi connectivity index (χ4v) is 5.73. The number of methoxy groups -OCH3 is 1. The number of benzene rings is 2. The lowest BCUT2D eigenvalue weighted by Crippen LogP contribution is -2.41. The number of likely N-dealkylation sites (tertiary alicyclic amines) is 1. The van der Waals surface area contributed by atoms with Crippen LogP contribution < -0.4 is 19.5 Å². The molecule has 0 saturated carbocycles. The Hall–Kier alpha value is -5.10. The van der Waals surface area contributed by atoms with Gasteiger partial charge < -0.3 is 24.4 Å². The molecule has 1 N–H and O–H groups in total. The van der Waals surface area contributed by atoms with Crippen LogP contribution in [0.3, 0.4) is 0 Å². The van der Waals surface area contributed by atoms with Gasteiger partial charge in [-0.05, 0) is 42.8 Å². The lowest BCUT2D eigenvalue weighted by Gasteiger charge is -2.31. The highest BCUT2D eigenvalue weighted by Crippen LogP contribution is 2.37. The number of ether oxygens (including phenoxy) is 3. The van der Waals surface area contributed by atoms with E-state index >= 15 is 4.39 Å². The molecule has 0 bridgehead atoms. The highest BCUT2D eigenvalue weighted by molar-refractivity contribution is 7.11. The number of piperidine rings is 1. The maximum Gasteiger partial charge on any atom is 0.279 e. The SMILES string of the molecule is C=CC(=O)N1CCC(Oc2cc3c(Nc4ccc(Oc5nc(-c6ccc(CC)nc6)cs5)cc4F)ncnc3cc2OC)CC1. The van der Waals surface area contributed by atoms with Crippen LogP contribution in [0.2, 0.25) is 0 Å². The molecule has 2 aromatic carbocycles. The van der Waals surface area contributed by atoms with Crippen molar-refractivity contribution >= 4 is 39.7 Å². The number of carbonyl (C=O) groups is 1. The van der Waals surface area contributed by atoms with Crippen molar-refractivity contribution in [1.29, 1.82) is 0 Å². The van der Waals surface area contributed by atoms with Crippen molar-refractivity contribution in [2.75, 3.05) is 25.5 Å². The largest absolute Gasteiger partial charge is 0.493 e. The number of anilines is 2. The maximum absolute atomic E-state index is 15.3. The van der Waals surface area contributed by atoms with E-state index in [0.29, 0.717) is 65.1 Å². The van der Waals surface area contributed by atoms with Crippen molar-refractivity contribution < 1.29 is 23.4 Å². The lowest BCUT2D eigenvalue weighted by molar-refractivity contribution is -0.127. The molecule has 10 nitrogen and oxygen atoms in total. The first-order chi connectivity index (χ1) is 21.9. The number of rotatable bonds is 10. The van der Waals surface area contributed by atoms with Crippen LogP contribution in [0.4, 0.5) is 15.9 Å². The summed E-state index contributed by atoms with van der Waals surface area (Å²) >= 11 is 1.32. The fraction of sp³-hybridized carbons (Fsp3) is 0.242. The van der Waals surface area contributed by atoms with Crippen LogP contribution in [0.1, 0.15) is 25.5 Å². The van der Waals surface area contributed by atoms with Crippen molar-refractivity contribution in [1.82, 2.24) is 24.8 Å². The molecule has 12 heteroatoms. The van der Waals surface area contributed by atoms with Gasteiger partial charge >= 0.3 is 0 Å². The third-order valence-corrected chi connectivity index (χ3v) is 8.22. The molecule has 0 spiro atoms. The normalized spacial score (nSPS) is 13.4. The van der Waals surface area contributed by atoms with Crippen LogP contribution in [-0.2, 0) is 11.2 Å². The van der Waals surface area contributed by atoms with Gasteiger partial charge in [-0.3, -0.25) is 9.78 Å². The standard InChI is InChI=1S/C33H31FN6O4S/c1-4-21-7-6-20(17-35-21)28-18-45-33(39-28)44-23-8-9-26(25(34)14-23)38-32-24-15-30(29(42-3)16-27(24)36-19-37-32)43-22-10-12-40(13-11-22)31(41)5-2/h5-9,14-19,22H,2,4,10-13H2,1,3H3,(H,36,37,38). The van der Waals surface area contributed by atoms with Crippen molar-refractivity contribution in [3.8, 4) is 33.7 Å². The van der Waals surface area contributed by atoms with Crippen LogP contribution in [0.15, 0.2) is 73.0 Å². The van der Waals surface area contributed by atoms with Crippen molar-refractivity contribution in [2.45, 2.75) is 32.3 Å². The zero-order valence-electron chi connectivity index (χ0n) is 24.8. The molecule has 0 radical (unpaired) electrons. The van der Waals surface area contributed by atoms with Gasteiger partial charge in [0.1, 0.15) is 29.8 Å². The van der Waals surface area contributed by atoms with Crippen molar-refractivity contribution in [2.24, 2.45) is 0 Å². The van der Waals surface area contributed by atoms with Crippen LogP contribution in [0.5, 0.6) is 22.4 Å². The van der Waals surface area contributed by atoms with Crippen LogP contribution in [-0.4, -0.2) is 57.0 Å². The zero-order valence-corrected chi connectivity index (χ0v) is 25.6. The van der Waals surface area contributed by atoms with Crippen molar-refractivity contribution in [3.05, 3.63) is 84.5 Å². The summed E-state index contributed by atoms with van der Waals surface area (Å²) < 4.78 is 33.1. The molecule has 45 heavy (non-hydrogen) atoms. The molecule has 6 rings (SSSR count). The Morgan fingerprint density at radius 2 is 1.98 bits per heavy atom. The molecule has 4 heterocycles. The van der Waals surface area contributed by atoms with Crippen molar-refractivity contribution in [3.63, 3.8) is 0 Å². The molecule has 0 unspecified atom stereocenters. The monoisotopic (exact) mass is 626 g/mol. The smallest absolute Gasteiger partial charge is 0.279 e. The molecule has 1 saturated heterocycles. The number of thiazole rings is 1.